The van der Waals surface area contributed by atoms with Crippen molar-refractivity contribution < 1.29 is 14.3 Å². The largest absolute Gasteiger partial charge is 0.497 e. The number of aromatic nitrogens is 2. The van der Waals surface area contributed by atoms with Crippen LogP contribution in [0.4, 0.5) is 0 Å². The molecule has 1 atom stereocenters. The van der Waals surface area contributed by atoms with Gasteiger partial charge in [0.2, 0.25) is 0 Å². The average Bonchev–Trinajstić information content (AvgIpc) is 3.54. The summed E-state index contributed by atoms with van der Waals surface area (Å²) in [6.45, 7) is 8.34. The monoisotopic (exact) mass is 520 g/mol. The number of carbonyl (C=O) groups is 1. The van der Waals surface area contributed by atoms with E-state index in [1.807, 2.05) is 36.6 Å². The number of thiazole rings is 1. The van der Waals surface area contributed by atoms with Crippen molar-refractivity contribution in [3.05, 3.63) is 75.9 Å². The summed E-state index contributed by atoms with van der Waals surface area (Å²) >= 11 is 1.52. The summed E-state index contributed by atoms with van der Waals surface area (Å²) < 4.78 is 11.0. The van der Waals surface area contributed by atoms with Gasteiger partial charge in [-0.3, -0.25) is 9.69 Å². The SMILES string of the molecule is COc1ccc(CN(CCc2c[nH]c3ccccc23)Cc2nc(C(=O)NC(C)C(C)C)cs2)c(OC)c1. The molecule has 1 amide bonds. The highest BCUT2D eigenvalue weighted by molar-refractivity contribution is 7.09. The van der Waals surface area contributed by atoms with Crippen molar-refractivity contribution in [3.63, 3.8) is 0 Å². The molecule has 0 fully saturated rings. The average molecular weight is 521 g/mol. The number of benzene rings is 2. The molecule has 0 spiro atoms. The van der Waals surface area contributed by atoms with E-state index in [2.05, 4.69) is 58.4 Å². The van der Waals surface area contributed by atoms with Gasteiger partial charge in [0.15, 0.2) is 0 Å². The number of H-pyrrole nitrogens is 1. The molecule has 2 N–H and O–H groups in total. The van der Waals surface area contributed by atoms with Gasteiger partial charge in [0, 0.05) is 53.2 Å². The van der Waals surface area contributed by atoms with Gasteiger partial charge in [-0.2, -0.15) is 0 Å². The lowest BCUT2D eigenvalue weighted by molar-refractivity contribution is 0.0925. The van der Waals surface area contributed by atoms with E-state index in [-0.39, 0.29) is 11.9 Å². The molecule has 0 aliphatic carbocycles. The minimum absolute atomic E-state index is 0.0906. The first-order chi connectivity index (χ1) is 17.9. The molecule has 0 saturated carbocycles. The van der Waals surface area contributed by atoms with Gasteiger partial charge in [-0.05, 0) is 37.0 Å². The van der Waals surface area contributed by atoms with Gasteiger partial charge < -0.3 is 19.8 Å². The zero-order valence-electron chi connectivity index (χ0n) is 22.2. The number of aromatic amines is 1. The molecule has 4 rings (SSSR count). The number of rotatable bonds is 12. The summed E-state index contributed by atoms with van der Waals surface area (Å²) in [6.07, 6.45) is 2.98. The number of nitrogens with zero attached hydrogens (tertiary/aromatic N) is 2. The topological polar surface area (TPSA) is 79.5 Å². The lowest BCUT2D eigenvalue weighted by atomic mass is 10.1. The Bertz CT molecular complexity index is 1330. The molecule has 37 heavy (non-hydrogen) atoms. The van der Waals surface area contributed by atoms with Gasteiger partial charge in [0.25, 0.3) is 5.91 Å². The maximum absolute atomic E-state index is 12.7. The fourth-order valence-corrected chi connectivity index (χ4v) is 5.00. The summed E-state index contributed by atoms with van der Waals surface area (Å²) in [4.78, 5) is 23.1. The highest BCUT2D eigenvalue weighted by Crippen LogP contribution is 2.27. The van der Waals surface area contributed by atoms with Crippen LogP contribution < -0.4 is 14.8 Å². The second kappa shape index (κ2) is 12.3. The third-order valence-electron chi connectivity index (χ3n) is 6.76. The number of para-hydroxylation sites is 1. The standard InChI is InChI=1S/C29H36N4O3S/c1-19(2)20(3)31-29(34)26-18-37-28(32-26)17-33(16-22-10-11-23(35-4)14-27(22)36-5)13-12-21-15-30-25-9-7-6-8-24(21)25/h6-11,14-15,18-20,30H,12-13,16-17H2,1-5H3,(H,31,34). The van der Waals surface area contributed by atoms with Gasteiger partial charge in [0.05, 0.1) is 20.8 Å². The Labute approximate surface area is 222 Å². The summed E-state index contributed by atoms with van der Waals surface area (Å²) in [5.74, 6) is 1.79. The number of nitrogens with one attached hydrogen (secondary N) is 2. The van der Waals surface area contributed by atoms with Crippen LogP contribution in [0.3, 0.4) is 0 Å². The first-order valence-electron chi connectivity index (χ1n) is 12.6. The zero-order chi connectivity index (χ0) is 26.4. The number of carbonyl (C=O) groups excluding carboxylic acids is 1. The second-order valence-electron chi connectivity index (χ2n) is 9.63. The maximum atomic E-state index is 12.7. The van der Waals surface area contributed by atoms with Crippen molar-refractivity contribution >= 4 is 28.1 Å². The molecule has 2 aromatic carbocycles. The molecular weight excluding hydrogens is 484 g/mol. The van der Waals surface area contributed by atoms with Crippen molar-refractivity contribution in [2.45, 2.75) is 46.3 Å². The molecule has 0 radical (unpaired) electrons. The lowest BCUT2D eigenvalue weighted by Gasteiger charge is -2.23. The molecule has 2 aromatic heterocycles. The van der Waals surface area contributed by atoms with Gasteiger partial charge in [-0.1, -0.05) is 38.1 Å². The first-order valence-corrected chi connectivity index (χ1v) is 13.5. The lowest BCUT2D eigenvalue weighted by Crippen LogP contribution is -2.36. The second-order valence-corrected chi connectivity index (χ2v) is 10.6. The Morgan fingerprint density at radius 1 is 1.08 bits per heavy atom. The fourth-order valence-electron chi connectivity index (χ4n) is 4.18. The van der Waals surface area contributed by atoms with E-state index in [4.69, 9.17) is 9.47 Å². The van der Waals surface area contributed by atoms with E-state index in [1.165, 1.54) is 22.3 Å². The quantitative estimate of drug-likeness (QED) is 0.252. The Kier molecular flexibility index (Phi) is 8.84. The number of amides is 1. The zero-order valence-corrected chi connectivity index (χ0v) is 23.0. The number of fused-ring (bicyclic) bond motifs is 1. The highest BCUT2D eigenvalue weighted by atomic mass is 32.1. The Hall–Kier alpha value is -3.36. The van der Waals surface area contributed by atoms with E-state index >= 15 is 0 Å². The van der Waals surface area contributed by atoms with E-state index in [0.29, 0.717) is 24.7 Å². The predicted octanol–water partition coefficient (Wildman–Crippen LogP) is 5.66. The van der Waals surface area contributed by atoms with Crippen molar-refractivity contribution in [3.8, 4) is 11.5 Å². The highest BCUT2D eigenvalue weighted by Gasteiger charge is 2.18. The van der Waals surface area contributed by atoms with Crippen LogP contribution in [0.15, 0.2) is 54.0 Å². The van der Waals surface area contributed by atoms with Crippen LogP contribution >= 0.6 is 11.3 Å². The van der Waals surface area contributed by atoms with Gasteiger partial charge >= 0.3 is 0 Å². The van der Waals surface area contributed by atoms with Crippen LogP contribution in [0.25, 0.3) is 10.9 Å². The van der Waals surface area contributed by atoms with Crippen LogP contribution in [-0.2, 0) is 19.5 Å². The van der Waals surface area contributed by atoms with Gasteiger partial charge in [-0.15, -0.1) is 11.3 Å². The first kappa shape index (κ1) is 26.7. The molecule has 1 unspecified atom stereocenters. The van der Waals surface area contributed by atoms with Gasteiger partial charge in [-0.25, -0.2) is 4.98 Å². The number of methoxy groups -OCH3 is 2. The van der Waals surface area contributed by atoms with Gasteiger partial charge in [0.1, 0.15) is 22.2 Å². The maximum Gasteiger partial charge on any atom is 0.270 e. The Morgan fingerprint density at radius 3 is 2.65 bits per heavy atom. The summed E-state index contributed by atoms with van der Waals surface area (Å²) in [7, 11) is 3.33. The van der Waals surface area contributed by atoms with Crippen molar-refractivity contribution in [2.24, 2.45) is 5.92 Å². The van der Waals surface area contributed by atoms with Crippen LogP contribution in [-0.4, -0.2) is 47.6 Å². The molecule has 0 aliphatic rings. The minimum Gasteiger partial charge on any atom is -0.497 e. The third-order valence-corrected chi connectivity index (χ3v) is 7.60. The smallest absolute Gasteiger partial charge is 0.270 e. The number of ether oxygens (including phenoxy) is 2. The molecular formula is C29H36N4O3S. The molecule has 0 saturated heterocycles. The van der Waals surface area contributed by atoms with E-state index in [9.17, 15) is 4.79 Å². The van der Waals surface area contributed by atoms with E-state index < -0.39 is 0 Å². The molecule has 0 aliphatic heterocycles. The molecule has 2 heterocycles. The molecule has 7 nitrogen and oxygen atoms in total. The van der Waals surface area contributed by atoms with Crippen molar-refractivity contribution in [1.82, 2.24) is 20.2 Å². The number of hydrogen-bond donors (Lipinski definition) is 2. The normalized spacial score (nSPS) is 12.3. The fraction of sp³-hybridized carbons (Fsp3) is 0.379. The summed E-state index contributed by atoms with van der Waals surface area (Å²) in [5.41, 5.74) is 3.98. The minimum atomic E-state index is -0.120. The van der Waals surface area contributed by atoms with Crippen LogP contribution in [0.2, 0.25) is 0 Å². The van der Waals surface area contributed by atoms with E-state index in [0.717, 1.165) is 40.6 Å². The van der Waals surface area contributed by atoms with Crippen LogP contribution in [0.1, 0.15) is 47.4 Å². The van der Waals surface area contributed by atoms with Crippen molar-refractivity contribution in [1.29, 1.82) is 0 Å². The molecule has 196 valence electrons. The number of hydrogen-bond acceptors (Lipinski definition) is 6. The third kappa shape index (κ3) is 6.70. The van der Waals surface area contributed by atoms with Crippen LogP contribution in [0, 0.1) is 5.92 Å². The van der Waals surface area contributed by atoms with Crippen molar-refractivity contribution in [2.75, 3.05) is 20.8 Å². The Balaban J connectivity index is 1.53. The molecule has 4 aromatic rings. The van der Waals surface area contributed by atoms with E-state index in [1.54, 1.807) is 14.2 Å². The summed E-state index contributed by atoms with van der Waals surface area (Å²) in [6, 6.07) is 14.4. The molecule has 8 heteroatoms. The predicted molar refractivity (Wildman–Crippen MR) is 150 cm³/mol. The van der Waals surface area contributed by atoms with Crippen LogP contribution in [0.5, 0.6) is 11.5 Å². The molecule has 0 bridgehead atoms. The summed E-state index contributed by atoms with van der Waals surface area (Å²) in [5, 5.41) is 7.06. The Morgan fingerprint density at radius 2 is 1.89 bits per heavy atom.